The van der Waals surface area contributed by atoms with Crippen LogP contribution in [0.3, 0.4) is 0 Å². The maximum absolute atomic E-state index is 12.5. The Balaban J connectivity index is 2.08. The Labute approximate surface area is 129 Å². The molecule has 1 aliphatic heterocycles. The summed E-state index contributed by atoms with van der Waals surface area (Å²) >= 11 is 3.35. The molecule has 1 aromatic carbocycles. The molecule has 0 bridgehead atoms. The Morgan fingerprint density at radius 3 is 2.65 bits per heavy atom. The highest BCUT2D eigenvalue weighted by molar-refractivity contribution is 9.10. The third-order valence-corrected chi connectivity index (χ3v) is 6.17. The van der Waals surface area contributed by atoms with Crippen LogP contribution in [0.4, 0.5) is 0 Å². The maximum Gasteiger partial charge on any atom is 0.218 e. The standard InChI is InChI=1S/C14H21BrN2O2S/c1-11(16)13-3-2-8-17(9-13)20(18,19)10-12-4-6-14(15)7-5-12/h4-7,11,13H,2-3,8-10,16H2,1H3/t11-,13+/m0/s1. The van der Waals surface area contributed by atoms with E-state index in [1.807, 2.05) is 31.2 Å². The van der Waals surface area contributed by atoms with Crippen molar-refractivity contribution in [2.24, 2.45) is 11.7 Å². The largest absolute Gasteiger partial charge is 0.328 e. The Morgan fingerprint density at radius 2 is 2.05 bits per heavy atom. The minimum absolute atomic E-state index is 0.0423. The first-order chi connectivity index (χ1) is 9.38. The quantitative estimate of drug-likeness (QED) is 0.895. The summed E-state index contributed by atoms with van der Waals surface area (Å²) in [4.78, 5) is 0. The van der Waals surface area contributed by atoms with Crippen LogP contribution in [0.2, 0.25) is 0 Å². The number of nitrogens with zero attached hydrogens (tertiary/aromatic N) is 1. The molecule has 2 atom stereocenters. The van der Waals surface area contributed by atoms with Crippen LogP contribution in [0, 0.1) is 5.92 Å². The second kappa shape index (κ2) is 6.56. The average molecular weight is 361 g/mol. The van der Waals surface area contributed by atoms with E-state index in [-0.39, 0.29) is 17.7 Å². The van der Waals surface area contributed by atoms with Gasteiger partial charge in [-0.3, -0.25) is 0 Å². The van der Waals surface area contributed by atoms with Crippen LogP contribution in [-0.2, 0) is 15.8 Å². The molecule has 0 amide bonds. The van der Waals surface area contributed by atoms with Crippen LogP contribution in [0.5, 0.6) is 0 Å². The molecule has 0 spiro atoms. The monoisotopic (exact) mass is 360 g/mol. The van der Waals surface area contributed by atoms with Gasteiger partial charge in [0.1, 0.15) is 0 Å². The molecule has 112 valence electrons. The molecular formula is C14H21BrN2O2S. The molecule has 0 saturated carbocycles. The van der Waals surface area contributed by atoms with Gasteiger partial charge in [-0.15, -0.1) is 0 Å². The zero-order valence-electron chi connectivity index (χ0n) is 11.6. The second-order valence-electron chi connectivity index (χ2n) is 5.50. The van der Waals surface area contributed by atoms with Crippen molar-refractivity contribution in [1.82, 2.24) is 4.31 Å². The molecule has 1 heterocycles. The first kappa shape index (κ1) is 15.9. The molecule has 2 N–H and O–H groups in total. The molecule has 6 heteroatoms. The first-order valence-corrected chi connectivity index (χ1v) is 9.26. The predicted molar refractivity (Wildman–Crippen MR) is 84.7 cm³/mol. The van der Waals surface area contributed by atoms with Crippen LogP contribution in [-0.4, -0.2) is 31.9 Å². The van der Waals surface area contributed by atoms with Gasteiger partial charge in [-0.25, -0.2) is 12.7 Å². The lowest BCUT2D eigenvalue weighted by Gasteiger charge is -2.33. The Bertz CT molecular complexity index is 543. The molecule has 20 heavy (non-hydrogen) atoms. The Morgan fingerprint density at radius 1 is 1.40 bits per heavy atom. The molecule has 4 nitrogen and oxygen atoms in total. The highest BCUT2D eigenvalue weighted by Crippen LogP contribution is 2.23. The van der Waals surface area contributed by atoms with Gasteiger partial charge in [-0.2, -0.15) is 0 Å². The normalized spacial score (nSPS) is 22.6. The van der Waals surface area contributed by atoms with E-state index in [0.29, 0.717) is 13.1 Å². The van der Waals surface area contributed by atoms with E-state index in [2.05, 4.69) is 15.9 Å². The highest BCUT2D eigenvalue weighted by atomic mass is 79.9. The summed E-state index contributed by atoms with van der Waals surface area (Å²) in [6.07, 6.45) is 1.91. The van der Waals surface area contributed by atoms with E-state index in [9.17, 15) is 8.42 Å². The number of nitrogens with two attached hydrogens (primary N) is 1. The van der Waals surface area contributed by atoms with Crippen molar-refractivity contribution in [1.29, 1.82) is 0 Å². The third kappa shape index (κ3) is 4.04. The zero-order valence-corrected chi connectivity index (χ0v) is 14.0. The van der Waals surface area contributed by atoms with Crippen LogP contribution in [0.15, 0.2) is 28.7 Å². The summed E-state index contributed by atoms with van der Waals surface area (Å²) < 4.78 is 27.5. The van der Waals surface area contributed by atoms with Gasteiger partial charge >= 0.3 is 0 Å². The topological polar surface area (TPSA) is 63.4 Å². The minimum Gasteiger partial charge on any atom is -0.328 e. The van der Waals surface area contributed by atoms with Crippen molar-refractivity contribution in [2.75, 3.05) is 13.1 Å². The number of piperidine rings is 1. The number of sulfonamides is 1. The molecule has 0 aromatic heterocycles. The van der Waals surface area contributed by atoms with Crippen LogP contribution in [0.25, 0.3) is 0 Å². The summed E-state index contributed by atoms with van der Waals surface area (Å²) in [7, 11) is -3.25. The number of halogens is 1. The van der Waals surface area contributed by atoms with Crippen molar-refractivity contribution in [3.8, 4) is 0 Å². The summed E-state index contributed by atoms with van der Waals surface area (Å²) in [5, 5.41) is 0. The lowest BCUT2D eigenvalue weighted by atomic mass is 9.93. The lowest BCUT2D eigenvalue weighted by Crippen LogP contribution is -2.45. The van der Waals surface area contributed by atoms with Gasteiger partial charge in [0.05, 0.1) is 5.75 Å². The molecule has 0 radical (unpaired) electrons. The van der Waals surface area contributed by atoms with E-state index < -0.39 is 10.0 Å². The lowest BCUT2D eigenvalue weighted by molar-refractivity contribution is 0.243. The van der Waals surface area contributed by atoms with Gasteiger partial charge in [0.2, 0.25) is 10.0 Å². The number of rotatable bonds is 4. The van der Waals surface area contributed by atoms with E-state index in [1.54, 1.807) is 4.31 Å². The summed E-state index contributed by atoms with van der Waals surface area (Å²) in [6, 6.07) is 7.46. The zero-order chi connectivity index (χ0) is 14.8. The molecular weight excluding hydrogens is 340 g/mol. The molecule has 2 rings (SSSR count). The number of hydrogen-bond acceptors (Lipinski definition) is 3. The second-order valence-corrected chi connectivity index (χ2v) is 8.39. The SMILES string of the molecule is C[C@H](N)[C@@H]1CCCN(S(=O)(=O)Cc2ccc(Br)cc2)C1. The number of hydrogen-bond donors (Lipinski definition) is 1. The molecule has 0 aliphatic carbocycles. The molecule has 0 unspecified atom stereocenters. The van der Waals surface area contributed by atoms with Gasteiger partial charge in [0, 0.05) is 23.6 Å². The van der Waals surface area contributed by atoms with Crippen molar-refractivity contribution in [2.45, 2.75) is 31.6 Å². The van der Waals surface area contributed by atoms with Crippen molar-refractivity contribution in [3.63, 3.8) is 0 Å². The third-order valence-electron chi connectivity index (χ3n) is 3.82. The summed E-state index contributed by atoms with van der Waals surface area (Å²) in [5.74, 6) is 0.329. The molecule has 1 aliphatic rings. The highest BCUT2D eigenvalue weighted by Gasteiger charge is 2.30. The van der Waals surface area contributed by atoms with E-state index in [4.69, 9.17) is 5.73 Å². The van der Waals surface area contributed by atoms with Crippen LogP contribution >= 0.6 is 15.9 Å². The van der Waals surface area contributed by atoms with Crippen LogP contribution in [0.1, 0.15) is 25.3 Å². The fourth-order valence-electron chi connectivity index (χ4n) is 2.54. The van der Waals surface area contributed by atoms with Gasteiger partial charge in [-0.1, -0.05) is 28.1 Å². The molecule has 1 aromatic rings. The molecule has 1 saturated heterocycles. The van der Waals surface area contributed by atoms with Crippen molar-refractivity contribution in [3.05, 3.63) is 34.3 Å². The molecule has 1 fully saturated rings. The average Bonchev–Trinajstić information content (AvgIpc) is 2.41. The van der Waals surface area contributed by atoms with Gasteiger partial charge in [-0.05, 0) is 43.4 Å². The smallest absolute Gasteiger partial charge is 0.218 e. The maximum atomic E-state index is 12.5. The van der Waals surface area contributed by atoms with Gasteiger partial charge in [0.15, 0.2) is 0 Å². The van der Waals surface area contributed by atoms with Gasteiger partial charge < -0.3 is 5.73 Å². The minimum atomic E-state index is -3.25. The van der Waals surface area contributed by atoms with Crippen molar-refractivity contribution < 1.29 is 8.42 Å². The van der Waals surface area contributed by atoms with Crippen molar-refractivity contribution >= 4 is 26.0 Å². The Kier molecular flexibility index (Phi) is 5.23. The fourth-order valence-corrected chi connectivity index (χ4v) is 4.42. The summed E-state index contributed by atoms with van der Waals surface area (Å²) in [5.41, 5.74) is 6.73. The van der Waals surface area contributed by atoms with Crippen LogP contribution < -0.4 is 5.73 Å². The predicted octanol–water partition coefficient (Wildman–Crippen LogP) is 2.34. The van der Waals surface area contributed by atoms with Gasteiger partial charge in [0.25, 0.3) is 0 Å². The fraction of sp³-hybridized carbons (Fsp3) is 0.571. The Hall–Kier alpha value is -0.430. The van der Waals surface area contributed by atoms with E-state index >= 15 is 0 Å². The van der Waals surface area contributed by atoms with E-state index in [1.165, 1.54) is 0 Å². The summed E-state index contributed by atoms with van der Waals surface area (Å²) in [6.45, 7) is 3.12. The first-order valence-electron chi connectivity index (χ1n) is 6.86. The number of benzene rings is 1. The van der Waals surface area contributed by atoms with E-state index in [0.717, 1.165) is 22.9 Å².